The number of nitrogens with zero attached hydrogens (tertiary/aromatic N) is 6. The van der Waals surface area contributed by atoms with Gasteiger partial charge in [0.1, 0.15) is 11.5 Å². The van der Waals surface area contributed by atoms with Crippen molar-refractivity contribution in [3.8, 4) is 11.5 Å². The summed E-state index contributed by atoms with van der Waals surface area (Å²) >= 11 is 0. The molecule has 0 bridgehead atoms. The van der Waals surface area contributed by atoms with E-state index in [0.717, 1.165) is 12.8 Å². The second kappa shape index (κ2) is 6.99. The van der Waals surface area contributed by atoms with Crippen LogP contribution in [0.3, 0.4) is 0 Å². The van der Waals surface area contributed by atoms with E-state index in [1.165, 1.54) is 16.9 Å². The number of carbonyl (C=O) groups is 1. The van der Waals surface area contributed by atoms with E-state index in [9.17, 15) is 9.18 Å². The summed E-state index contributed by atoms with van der Waals surface area (Å²) in [6, 6.07) is 11.5. The lowest BCUT2D eigenvalue weighted by molar-refractivity contribution is 0.0713. The first kappa shape index (κ1) is 16.3. The van der Waals surface area contributed by atoms with Crippen molar-refractivity contribution in [3.05, 3.63) is 60.0 Å². The Morgan fingerprint density at radius 1 is 1.19 bits per heavy atom. The maximum atomic E-state index is 13.9. The SMILES string of the molecule is O=C(c1ccccc1F)N1CCC[C@@H]1Cn1nnc(-c2ccccn2)n1. The second-order valence-corrected chi connectivity index (χ2v) is 6.16. The first-order chi connectivity index (χ1) is 12.7. The molecule has 2 aromatic heterocycles. The summed E-state index contributed by atoms with van der Waals surface area (Å²) < 4.78 is 13.9. The molecule has 1 aliphatic heterocycles. The van der Waals surface area contributed by atoms with Crippen LogP contribution in [0.1, 0.15) is 23.2 Å². The van der Waals surface area contributed by atoms with Gasteiger partial charge in [-0.15, -0.1) is 10.2 Å². The zero-order chi connectivity index (χ0) is 17.9. The van der Waals surface area contributed by atoms with E-state index in [-0.39, 0.29) is 17.5 Å². The molecule has 1 fully saturated rings. The van der Waals surface area contributed by atoms with Crippen molar-refractivity contribution in [3.63, 3.8) is 0 Å². The Bertz CT molecular complexity index is 913. The molecule has 1 aromatic carbocycles. The molecule has 1 aliphatic rings. The monoisotopic (exact) mass is 352 g/mol. The van der Waals surface area contributed by atoms with Gasteiger partial charge in [0, 0.05) is 12.7 Å². The van der Waals surface area contributed by atoms with Gasteiger partial charge in [0.15, 0.2) is 0 Å². The molecule has 0 N–H and O–H groups in total. The van der Waals surface area contributed by atoms with Crippen LogP contribution in [0, 0.1) is 5.82 Å². The van der Waals surface area contributed by atoms with Crippen LogP contribution in [-0.4, -0.2) is 48.6 Å². The van der Waals surface area contributed by atoms with Gasteiger partial charge in [-0.25, -0.2) is 4.39 Å². The predicted octanol–water partition coefficient (Wildman–Crippen LogP) is 2.18. The fourth-order valence-electron chi connectivity index (χ4n) is 3.19. The molecule has 26 heavy (non-hydrogen) atoms. The van der Waals surface area contributed by atoms with E-state index in [4.69, 9.17) is 0 Å². The van der Waals surface area contributed by atoms with Crippen LogP contribution in [0.15, 0.2) is 48.7 Å². The van der Waals surface area contributed by atoms with Crippen LogP contribution in [0.2, 0.25) is 0 Å². The molecule has 0 unspecified atom stereocenters. The number of benzene rings is 1. The molecule has 132 valence electrons. The zero-order valence-corrected chi connectivity index (χ0v) is 14.0. The Kier molecular flexibility index (Phi) is 4.39. The van der Waals surface area contributed by atoms with Gasteiger partial charge in [0.2, 0.25) is 5.82 Å². The van der Waals surface area contributed by atoms with Gasteiger partial charge in [0.05, 0.1) is 18.2 Å². The molecule has 0 aliphatic carbocycles. The lowest BCUT2D eigenvalue weighted by Gasteiger charge is -2.24. The van der Waals surface area contributed by atoms with Crippen LogP contribution in [0.5, 0.6) is 0 Å². The van der Waals surface area contributed by atoms with Gasteiger partial charge in [-0.2, -0.15) is 4.80 Å². The molecular formula is C18H17FN6O. The average molecular weight is 352 g/mol. The summed E-state index contributed by atoms with van der Waals surface area (Å²) in [5, 5.41) is 12.4. The van der Waals surface area contributed by atoms with Crippen LogP contribution in [0.25, 0.3) is 11.5 Å². The number of rotatable bonds is 4. The maximum Gasteiger partial charge on any atom is 0.257 e. The van der Waals surface area contributed by atoms with Gasteiger partial charge in [-0.1, -0.05) is 18.2 Å². The second-order valence-electron chi connectivity index (χ2n) is 6.16. The minimum atomic E-state index is -0.500. The van der Waals surface area contributed by atoms with E-state index in [2.05, 4.69) is 20.4 Å². The van der Waals surface area contributed by atoms with Crippen LogP contribution < -0.4 is 0 Å². The predicted molar refractivity (Wildman–Crippen MR) is 91.5 cm³/mol. The zero-order valence-electron chi connectivity index (χ0n) is 14.0. The van der Waals surface area contributed by atoms with Crippen LogP contribution in [0.4, 0.5) is 4.39 Å². The highest BCUT2D eigenvalue weighted by molar-refractivity contribution is 5.94. The standard InChI is InChI=1S/C18H17FN6O/c19-15-8-2-1-7-14(15)18(26)24-11-5-6-13(24)12-25-22-17(21-23-25)16-9-3-4-10-20-16/h1-4,7-10,13H,5-6,11-12H2/t13-/m1/s1. The summed E-state index contributed by atoms with van der Waals surface area (Å²) in [5.41, 5.74) is 0.740. The Morgan fingerprint density at radius 3 is 2.85 bits per heavy atom. The Labute approximate surface area is 149 Å². The van der Waals surface area contributed by atoms with Gasteiger partial charge < -0.3 is 4.90 Å². The quantitative estimate of drug-likeness (QED) is 0.719. The lowest BCUT2D eigenvalue weighted by atomic mass is 10.1. The number of tetrazole rings is 1. The summed E-state index contributed by atoms with van der Waals surface area (Å²) in [7, 11) is 0. The number of pyridine rings is 1. The average Bonchev–Trinajstić information content (AvgIpc) is 3.32. The summed E-state index contributed by atoms with van der Waals surface area (Å²) in [6.45, 7) is 1.01. The summed E-state index contributed by atoms with van der Waals surface area (Å²) in [6.07, 6.45) is 3.36. The van der Waals surface area contributed by atoms with Gasteiger partial charge in [-0.05, 0) is 42.3 Å². The minimum absolute atomic E-state index is 0.0899. The highest BCUT2D eigenvalue weighted by Gasteiger charge is 2.31. The third kappa shape index (κ3) is 3.17. The maximum absolute atomic E-state index is 13.9. The molecule has 1 amide bonds. The molecule has 0 saturated carbocycles. The van der Waals surface area contributed by atoms with E-state index in [1.807, 2.05) is 18.2 Å². The molecule has 4 rings (SSSR count). The van der Waals surface area contributed by atoms with Crippen molar-refractivity contribution in [1.82, 2.24) is 30.1 Å². The van der Waals surface area contributed by atoms with Crippen LogP contribution >= 0.6 is 0 Å². The Morgan fingerprint density at radius 2 is 2.04 bits per heavy atom. The number of hydrogen-bond donors (Lipinski definition) is 0. The number of amides is 1. The van der Waals surface area contributed by atoms with Crippen molar-refractivity contribution in [2.24, 2.45) is 0 Å². The molecule has 7 nitrogen and oxygen atoms in total. The molecule has 0 radical (unpaired) electrons. The first-order valence-corrected chi connectivity index (χ1v) is 8.47. The molecule has 0 spiro atoms. The van der Waals surface area contributed by atoms with Gasteiger partial charge in [0.25, 0.3) is 5.91 Å². The van der Waals surface area contributed by atoms with E-state index in [0.29, 0.717) is 24.6 Å². The Hall–Kier alpha value is -3.16. The first-order valence-electron chi connectivity index (χ1n) is 8.47. The van der Waals surface area contributed by atoms with Gasteiger partial charge in [-0.3, -0.25) is 9.78 Å². The molecule has 1 atom stereocenters. The normalized spacial score (nSPS) is 16.8. The smallest absolute Gasteiger partial charge is 0.257 e. The van der Waals surface area contributed by atoms with E-state index in [1.54, 1.807) is 23.2 Å². The molecule has 1 saturated heterocycles. The largest absolute Gasteiger partial charge is 0.334 e. The molecular weight excluding hydrogens is 335 g/mol. The lowest BCUT2D eigenvalue weighted by Crippen LogP contribution is -2.38. The fourth-order valence-corrected chi connectivity index (χ4v) is 3.19. The topological polar surface area (TPSA) is 76.8 Å². The third-order valence-corrected chi connectivity index (χ3v) is 4.46. The number of hydrogen-bond acceptors (Lipinski definition) is 5. The molecule has 3 heterocycles. The highest BCUT2D eigenvalue weighted by Crippen LogP contribution is 2.22. The van der Waals surface area contributed by atoms with Crippen molar-refractivity contribution in [2.75, 3.05) is 6.54 Å². The summed E-state index contributed by atoms with van der Waals surface area (Å²) in [5.74, 6) is -0.356. The summed E-state index contributed by atoms with van der Waals surface area (Å²) in [4.78, 5) is 20.1. The highest BCUT2D eigenvalue weighted by atomic mass is 19.1. The Balaban J connectivity index is 1.50. The van der Waals surface area contributed by atoms with Crippen molar-refractivity contribution in [1.29, 1.82) is 0 Å². The third-order valence-electron chi connectivity index (χ3n) is 4.46. The van der Waals surface area contributed by atoms with Crippen molar-refractivity contribution < 1.29 is 9.18 Å². The van der Waals surface area contributed by atoms with E-state index >= 15 is 0 Å². The number of likely N-dealkylation sites (tertiary alicyclic amines) is 1. The minimum Gasteiger partial charge on any atom is -0.334 e. The van der Waals surface area contributed by atoms with Crippen molar-refractivity contribution in [2.45, 2.75) is 25.4 Å². The van der Waals surface area contributed by atoms with Crippen molar-refractivity contribution >= 4 is 5.91 Å². The van der Waals surface area contributed by atoms with Gasteiger partial charge >= 0.3 is 0 Å². The van der Waals surface area contributed by atoms with E-state index < -0.39 is 5.82 Å². The van der Waals surface area contributed by atoms with Crippen LogP contribution in [-0.2, 0) is 6.54 Å². The fraction of sp³-hybridized carbons (Fsp3) is 0.278. The molecule has 3 aromatic rings. The number of carbonyl (C=O) groups excluding carboxylic acids is 1. The number of halogens is 1. The number of aromatic nitrogens is 5. The molecule has 8 heteroatoms.